The first-order valence-electron chi connectivity index (χ1n) is 9.66. The molecule has 3 aliphatic heterocycles. The van der Waals surface area contributed by atoms with E-state index in [4.69, 9.17) is 4.74 Å². The maximum Gasteiger partial charge on any atom is 0.230 e. The van der Waals surface area contributed by atoms with Crippen LogP contribution in [0.2, 0.25) is 0 Å². The number of ether oxygens (including phenoxy) is 1. The van der Waals surface area contributed by atoms with Crippen LogP contribution in [0.1, 0.15) is 10.4 Å². The second-order valence-electron chi connectivity index (χ2n) is 7.70. The molecule has 1 aromatic heterocycles. The van der Waals surface area contributed by atoms with Gasteiger partial charge in [0.05, 0.1) is 31.0 Å². The summed E-state index contributed by atoms with van der Waals surface area (Å²) in [4.78, 5) is 29.1. The van der Waals surface area contributed by atoms with Crippen LogP contribution in [0.15, 0.2) is 60.0 Å². The van der Waals surface area contributed by atoms with E-state index in [1.807, 2.05) is 64.9 Å². The molecule has 1 spiro atoms. The normalized spacial score (nSPS) is 30.1. The number of nitrogens with zero attached hydrogens (tertiary/aromatic N) is 1. The minimum atomic E-state index is -0.638. The molecule has 2 fully saturated rings. The van der Waals surface area contributed by atoms with E-state index in [0.717, 1.165) is 11.3 Å². The van der Waals surface area contributed by atoms with E-state index in [1.54, 1.807) is 11.3 Å². The average Bonchev–Trinajstić information content (AvgIpc) is 3.46. The molecule has 1 N–H and O–H groups in total. The summed E-state index contributed by atoms with van der Waals surface area (Å²) >= 11 is 1.64. The van der Waals surface area contributed by atoms with E-state index >= 15 is 0 Å². The van der Waals surface area contributed by atoms with Gasteiger partial charge in [-0.15, -0.1) is 11.3 Å². The predicted molar refractivity (Wildman–Crippen MR) is 107 cm³/mol. The van der Waals surface area contributed by atoms with Crippen molar-refractivity contribution in [2.24, 2.45) is 11.8 Å². The molecule has 6 heteroatoms. The summed E-state index contributed by atoms with van der Waals surface area (Å²) in [5.74, 6) is -0.910. The number of fused-ring (bicyclic) bond motifs is 1. The Morgan fingerprint density at radius 3 is 2.89 bits per heavy atom. The maximum absolute atomic E-state index is 13.1. The third-order valence-corrected chi connectivity index (χ3v) is 6.83. The number of nitrogens with one attached hydrogen (secondary N) is 1. The number of likely N-dealkylation sites (tertiary alicyclic amines) is 1. The van der Waals surface area contributed by atoms with E-state index in [-0.39, 0.29) is 17.9 Å². The molecule has 5 nitrogen and oxygen atoms in total. The van der Waals surface area contributed by atoms with Crippen LogP contribution in [-0.2, 0) is 27.3 Å². The summed E-state index contributed by atoms with van der Waals surface area (Å²) in [6.07, 6.45) is 4.44. The fourth-order valence-corrected chi connectivity index (χ4v) is 5.41. The highest BCUT2D eigenvalue weighted by Gasteiger charge is 2.66. The quantitative estimate of drug-likeness (QED) is 0.766. The van der Waals surface area contributed by atoms with E-state index in [0.29, 0.717) is 19.6 Å². The van der Waals surface area contributed by atoms with Crippen molar-refractivity contribution in [3.05, 3.63) is 70.4 Å². The molecule has 0 saturated carbocycles. The minimum Gasteiger partial charge on any atom is -0.360 e. The van der Waals surface area contributed by atoms with Crippen molar-refractivity contribution in [3.8, 4) is 0 Å². The van der Waals surface area contributed by atoms with Gasteiger partial charge in [0.25, 0.3) is 0 Å². The summed E-state index contributed by atoms with van der Waals surface area (Å²) in [6.45, 7) is 1.66. The molecule has 2 aromatic rings. The lowest BCUT2D eigenvalue weighted by Crippen LogP contribution is -2.44. The number of hydrogen-bond donors (Lipinski definition) is 1. The zero-order chi connectivity index (χ0) is 19.1. The molecular formula is C22H22N2O3S. The van der Waals surface area contributed by atoms with Crippen LogP contribution < -0.4 is 5.32 Å². The largest absolute Gasteiger partial charge is 0.360 e. The van der Waals surface area contributed by atoms with Gasteiger partial charge in [-0.1, -0.05) is 48.6 Å². The first-order valence-corrected chi connectivity index (χ1v) is 10.5. The number of amides is 2. The fourth-order valence-electron chi connectivity index (χ4n) is 4.69. The first kappa shape index (κ1) is 17.6. The lowest BCUT2D eigenvalue weighted by molar-refractivity contribution is -0.137. The third kappa shape index (κ3) is 2.88. The highest BCUT2D eigenvalue weighted by atomic mass is 32.1. The van der Waals surface area contributed by atoms with Gasteiger partial charge in [0, 0.05) is 11.4 Å². The Balaban J connectivity index is 1.27. The van der Waals surface area contributed by atoms with Crippen LogP contribution in [0.25, 0.3) is 0 Å². The maximum atomic E-state index is 13.1. The molecule has 2 saturated heterocycles. The molecule has 28 heavy (non-hydrogen) atoms. The predicted octanol–water partition coefficient (Wildman–Crippen LogP) is 2.39. The Hall–Kier alpha value is -2.44. The summed E-state index contributed by atoms with van der Waals surface area (Å²) in [5, 5.41) is 5.04. The van der Waals surface area contributed by atoms with Gasteiger partial charge in [-0.05, 0) is 23.4 Å². The monoisotopic (exact) mass is 394 g/mol. The summed E-state index contributed by atoms with van der Waals surface area (Å²) in [6, 6.07) is 14.1. The topological polar surface area (TPSA) is 58.6 Å². The van der Waals surface area contributed by atoms with Gasteiger partial charge in [-0.25, -0.2) is 0 Å². The van der Waals surface area contributed by atoms with Gasteiger partial charge in [-0.3, -0.25) is 9.59 Å². The van der Waals surface area contributed by atoms with Crippen LogP contribution in [0, 0.1) is 11.8 Å². The lowest BCUT2D eigenvalue weighted by Gasteiger charge is -2.23. The second-order valence-corrected chi connectivity index (χ2v) is 8.73. The van der Waals surface area contributed by atoms with E-state index in [9.17, 15) is 9.59 Å². The van der Waals surface area contributed by atoms with Crippen LogP contribution in [0.5, 0.6) is 0 Å². The van der Waals surface area contributed by atoms with Crippen molar-refractivity contribution in [2.75, 3.05) is 13.1 Å². The van der Waals surface area contributed by atoms with Crippen molar-refractivity contribution >= 4 is 23.2 Å². The van der Waals surface area contributed by atoms with E-state index < -0.39 is 17.4 Å². The summed E-state index contributed by atoms with van der Waals surface area (Å²) < 4.78 is 6.17. The van der Waals surface area contributed by atoms with Crippen molar-refractivity contribution in [1.29, 1.82) is 0 Å². The van der Waals surface area contributed by atoms with Crippen LogP contribution in [0.3, 0.4) is 0 Å². The number of rotatable bonds is 6. The Kier molecular flexibility index (Phi) is 4.33. The molecule has 4 heterocycles. The van der Waals surface area contributed by atoms with Gasteiger partial charge in [0.2, 0.25) is 11.8 Å². The minimum absolute atomic E-state index is 0.0310. The van der Waals surface area contributed by atoms with Gasteiger partial charge in [0.1, 0.15) is 5.60 Å². The Bertz CT molecular complexity index is 911. The van der Waals surface area contributed by atoms with Crippen LogP contribution in [0.4, 0.5) is 0 Å². The Labute approximate surface area is 168 Å². The smallest absolute Gasteiger partial charge is 0.230 e. The molecule has 2 bridgehead atoms. The fraction of sp³-hybridized carbons (Fsp3) is 0.364. The molecule has 3 aliphatic rings. The average molecular weight is 394 g/mol. The summed E-state index contributed by atoms with van der Waals surface area (Å²) in [7, 11) is 0. The van der Waals surface area contributed by atoms with Gasteiger partial charge in [0.15, 0.2) is 0 Å². The Morgan fingerprint density at radius 1 is 1.25 bits per heavy atom. The molecule has 144 valence electrons. The van der Waals surface area contributed by atoms with Crippen LogP contribution in [-0.4, -0.2) is 41.5 Å². The van der Waals surface area contributed by atoms with Crippen molar-refractivity contribution in [1.82, 2.24) is 10.2 Å². The molecule has 5 rings (SSSR count). The molecule has 4 atom stereocenters. The molecule has 0 aliphatic carbocycles. The molecule has 0 radical (unpaired) electrons. The second kappa shape index (κ2) is 6.87. The number of hydrogen-bond acceptors (Lipinski definition) is 4. The third-order valence-electron chi connectivity index (χ3n) is 5.96. The van der Waals surface area contributed by atoms with E-state index in [2.05, 4.69) is 5.32 Å². The first-order chi connectivity index (χ1) is 13.7. The highest BCUT2D eigenvalue weighted by molar-refractivity contribution is 7.09. The number of carbonyl (C=O) groups is 2. The van der Waals surface area contributed by atoms with Crippen molar-refractivity contribution in [3.63, 3.8) is 0 Å². The van der Waals surface area contributed by atoms with Crippen LogP contribution >= 0.6 is 11.3 Å². The molecule has 0 unspecified atom stereocenters. The van der Waals surface area contributed by atoms with E-state index in [1.165, 1.54) is 5.56 Å². The molecular weight excluding hydrogens is 372 g/mol. The van der Waals surface area contributed by atoms with Crippen molar-refractivity contribution < 1.29 is 14.3 Å². The van der Waals surface area contributed by atoms with Gasteiger partial charge in [-0.2, -0.15) is 0 Å². The van der Waals surface area contributed by atoms with Crippen molar-refractivity contribution in [2.45, 2.75) is 24.7 Å². The van der Waals surface area contributed by atoms with Gasteiger partial charge < -0.3 is 15.0 Å². The highest BCUT2D eigenvalue weighted by Crippen LogP contribution is 2.52. The lowest BCUT2D eigenvalue weighted by atomic mass is 9.77. The zero-order valence-electron chi connectivity index (χ0n) is 15.4. The molecule has 2 amide bonds. The SMILES string of the molecule is O=C(NCCc1ccccc1)[C@H]1[C@H]2C=C[C@]3(CN(Cc4cccs4)C(=O)[C@@H]13)O2. The standard InChI is InChI=1S/C22H22N2O3S/c25-20(23-11-9-15-5-2-1-3-6-15)18-17-8-10-22(27-17)14-24(21(26)19(18)22)13-16-7-4-12-28-16/h1-8,10,12,17-19H,9,11,13-14H2,(H,23,25)/t17-,18+,19-,22-/m1/s1. The number of carbonyl (C=O) groups excluding carboxylic acids is 2. The molecule has 1 aromatic carbocycles. The number of benzene rings is 1. The summed E-state index contributed by atoms with van der Waals surface area (Å²) in [5.41, 5.74) is 0.544. The Morgan fingerprint density at radius 2 is 2.11 bits per heavy atom. The van der Waals surface area contributed by atoms with Gasteiger partial charge >= 0.3 is 0 Å². The number of thiophene rings is 1. The zero-order valence-corrected chi connectivity index (χ0v) is 16.2.